The van der Waals surface area contributed by atoms with Crippen LogP contribution in [0.25, 0.3) is 0 Å². The highest BCUT2D eigenvalue weighted by Gasteiger charge is 2.19. The number of methoxy groups -OCH3 is 1. The standard InChI is InChI=1S/C16H21N3O3/c1-12-8-13(10-21-2)14(9-17)16(18-12)22-11-15(20)19-6-4-3-5-7-19/h8H,3-7,10-11H2,1-2H3. The van der Waals surface area contributed by atoms with E-state index in [2.05, 4.69) is 11.1 Å². The maximum atomic E-state index is 12.1. The zero-order chi connectivity index (χ0) is 15.9. The van der Waals surface area contributed by atoms with E-state index in [4.69, 9.17) is 9.47 Å². The van der Waals surface area contributed by atoms with Crippen molar-refractivity contribution in [2.75, 3.05) is 26.8 Å². The number of carbonyl (C=O) groups is 1. The van der Waals surface area contributed by atoms with Crippen LogP contribution >= 0.6 is 0 Å². The predicted octanol–water partition coefficient (Wildman–Crippen LogP) is 1.80. The number of rotatable bonds is 5. The zero-order valence-corrected chi connectivity index (χ0v) is 13.1. The molecule has 22 heavy (non-hydrogen) atoms. The quantitative estimate of drug-likeness (QED) is 0.829. The third kappa shape index (κ3) is 3.95. The fourth-order valence-electron chi connectivity index (χ4n) is 2.57. The number of pyridine rings is 1. The summed E-state index contributed by atoms with van der Waals surface area (Å²) in [6.45, 7) is 3.60. The highest BCUT2D eigenvalue weighted by molar-refractivity contribution is 5.77. The number of amides is 1. The Morgan fingerprint density at radius 3 is 2.77 bits per heavy atom. The number of ether oxygens (including phenoxy) is 2. The first kappa shape index (κ1) is 16.2. The van der Waals surface area contributed by atoms with Gasteiger partial charge < -0.3 is 14.4 Å². The molecule has 0 aromatic carbocycles. The molecule has 118 valence electrons. The van der Waals surface area contributed by atoms with Gasteiger partial charge in [0.1, 0.15) is 11.6 Å². The third-order valence-electron chi connectivity index (χ3n) is 3.65. The van der Waals surface area contributed by atoms with Gasteiger partial charge in [-0.2, -0.15) is 5.26 Å². The lowest BCUT2D eigenvalue weighted by atomic mass is 10.1. The second kappa shape index (κ2) is 7.76. The van der Waals surface area contributed by atoms with Gasteiger partial charge in [0.2, 0.25) is 5.88 Å². The van der Waals surface area contributed by atoms with Crippen molar-refractivity contribution in [2.24, 2.45) is 0 Å². The van der Waals surface area contributed by atoms with E-state index in [9.17, 15) is 10.1 Å². The molecule has 1 aromatic heterocycles. The maximum Gasteiger partial charge on any atom is 0.260 e. The van der Waals surface area contributed by atoms with Crippen LogP contribution in [0.1, 0.15) is 36.1 Å². The molecule has 0 aliphatic carbocycles. The summed E-state index contributed by atoms with van der Waals surface area (Å²) < 4.78 is 10.6. The number of aryl methyl sites for hydroxylation is 1. The van der Waals surface area contributed by atoms with Crippen LogP contribution in [0, 0.1) is 18.3 Å². The Balaban J connectivity index is 2.08. The Kier molecular flexibility index (Phi) is 5.73. The van der Waals surface area contributed by atoms with Gasteiger partial charge in [0, 0.05) is 31.5 Å². The van der Waals surface area contributed by atoms with E-state index in [-0.39, 0.29) is 18.4 Å². The van der Waals surface area contributed by atoms with Gasteiger partial charge in [-0.3, -0.25) is 4.79 Å². The molecule has 1 saturated heterocycles. The number of hydrogen-bond donors (Lipinski definition) is 0. The number of nitrogens with zero attached hydrogens (tertiary/aromatic N) is 3. The van der Waals surface area contributed by atoms with Gasteiger partial charge >= 0.3 is 0 Å². The number of likely N-dealkylation sites (tertiary alicyclic amines) is 1. The summed E-state index contributed by atoms with van der Waals surface area (Å²) in [6, 6.07) is 3.88. The van der Waals surface area contributed by atoms with Gasteiger partial charge in [0.15, 0.2) is 6.61 Å². The van der Waals surface area contributed by atoms with Crippen LogP contribution in [-0.2, 0) is 16.1 Å². The van der Waals surface area contributed by atoms with E-state index < -0.39 is 0 Å². The van der Waals surface area contributed by atoms with Crippen molar-refractivity contribution >= 4 is 5.91 Å². The van der Waals surface area contributed by atoms with E-state index in [1.165, 1.54) is 6.42 Å². The van der Waals surface area contributed by atoms with E-state index >= 15 is 0 Å². The molecule has 1 aliphatic heterocycles. The average Bonchev–Trinajstić information content (AvgIpc) is 2.53. The number of piperidine rings is 1. The van der Waals surface area contributed by atoms with Gasteiger partial charge in [-0.25, -0.2) is 4.98 Å². The Bertz CT molecular complexity index is 575. The Morgan fingerprint density at radius 1 is 1.41 bits per heavy atom. The Hall–Kier alpha value is -2.13. The second-order valence-electron chi connectivity index (χ2n) is 5.38. The molecule has 0 spiro atoms. The van der Waals surface area contributed by atoms with Gasteiger partial charge in [0.25, 0.3) is 5.91 Å². The zero-order valence-electron chi connectivity index (χ0n) is 13.1. The molecule has 1 aromatic rings. The van der Waals surface area contributed by atoms with E-state index in [0.717, 1.165) is 37.2 Å². The minimum absolute atomic E-state index is 0.0554. The molecule has 2 rings (SSSR count). The number of nitriles is 1. The summed E-state index contributed by atoms with van der Waals surface area (Å²) in [6.07, 6.45) is 3.24. The molecule has 0 N–H and O–H groups in total. The molecule has 0 unspecified atom stereocenters. The van der Waals surface area contributed by atoms with Crippen LogP contribution < -0.4 is 4.74 Å². The fraction of sp³-hybridized carbons (Fsp3) is 0.562. The molecule has 0 radical (unpaired) electrons. The summed E-state index contributed by atoms with van der Waals surface area (Å²) in [5.74, 6) is 0.153. The molecule has 1 amide bonds. The van der Waals surface area contributed by atoms with Crippen LogP contribution in [0.15, 0.2) is 6.07 Å². The number of carbonyl (C=O) groups excluding carboxylic acids is 1. The summed E-state index contributed by atoms with van der Waals surface area (Å²) in [7, 11) is 1.57. The molecule has 0 bridgehead atoms. The first-order chi connectivity index (χ1) is 10.7. The number of aromatic nitrogens is 1. The third-order valence-corrected chi connectivity index (χ3v) is 3.65. The van der Waals surface area contributed by atoms with Gasteiger partial charge in [-0.15, -0.1) is 0 Å². The van der Waals surface area contributed by atoms with Crippen LogP contribution in [0.4, 0.5) is 0 Å². The summed E-state index contributed by atoms with van der Waals surface area (Å²) in [4.78, 5) is 18.2. The molecule has 6 nitrogen and oxygen atoms in total. The molecule has 6 heteroatoms. The van der Waals surface area contributed by atoms with Crippen LogP contribution in [0.5, 0.6) is 5.88 Å². The lowest BCUT2D eigenvalue weighted by Gasteiger charge is -2.26. The summed E-state index contributed by atoms with van der Waals surface area (Å²) in [5, 5.41) is 9.31. The molecule has 0 atom stereocenters. The predicted molar refractivity (Wildman–Crippen MR) is 80.3 cm³/mol. The van der Waals surface area contributed by atoms with Crippen molar-refractivity contribution in [3.63, 3.8) is 0 Å². The van der Waals surface area contributed by atoms with Crippen molar-refractivity contribution in [1.29, 1.82) is 5.26 Å². The van der Waals surface area contributed by atoms with E-state index in [0.29, 0.717) is 12.2 Å². The minimum Gasteiger partial charge on any atom is -0.467 e. The molecule has 1 fully saturated rings. The largest absolute Gasteiger partial charge is 0.467 e. The van der Waals surface area contributed by atoms with Crippen molar-refractivity contribution < 1.29 is 14.3 Å². The van der Waals surface area contributed by atoms with Crippen molar-refractivity contribution in [3.05, 3.63) is 22.9 Å². The number of hydrogen-bond acceptors (Lipinski definition) is 5. The minimum atomic E-state index is -0.0858. The lowest BCUT2D eigenvalue weighted by molar-refractivity contribution is -0.134. The van der Waals surface area contributed by atoms with Crippen LogP contribution in [0.2, 0.25) is 0 Å². The van der Waals surface area contributed by atoms with E-state index in [1.807, 2.05) is 6.92 Å². The molecule has 0 saturated carbocycles. The molecule has 1 aliphatic rings. The van der Waals surface area contributed by atoms with Crippen LogP contribution in [0.3, 0.4) is 0 Å². The normalized spacial score (nSPS) is 14.5. The first-order valence-electron chi connectivity index (χ1n) is 7.46. The van der Waals surface area contributed by atoms with Crippen molar-refractivity contribution in [2.45, 2.75) is 32.8 Å². The summed E-state index contributed by atoms with van der Waals surface area (Å²) >= 11 is 0. The smallest absolute Gasteiger partial charge is 0.260 e. The van der Waals surface area contributed by atoms with Gasteiger partial charge in [-0.1, -0.05) is 0 Å². The first-order valence-corrected chi connectivity index (χ1v) is 7.46. The topological polar surface area (TPSA) is 75.5 Å². The monoisotopic (exact) mass is 303 g/mol. The average molecular weight is 303 g/mol. The summed E-state index contributed by atoms with van der Waals surface area (Å²) in [5.41, 5.74) is 1.78. The SMILES string of the molecule is COCc1cc(C)nc(OCC(=O)N2CCCCC2)c1C#N. The highest BCUT2D eigenvalue weighted by Crippen LogP contribution is 2.21. The lowest BCUT2D eigenvalue weighted by Crippen LogP contribution is -2.38. The second-order valence-corrected chi connectivity index (χ2v) is 5.38. The van der Waals surface area contributed by atoms with Gasteiger partial charge in [-0.05, 0) is 32.3 Å². The Labute approximate surface area is 130 Å². The van der Waals surface area contributed by atoms with E-state index in [1.54, 1.807) is 18.1 Å². The maximum absolute atomic E-state index is 12.1. The molecule has 2 heterocycles. The molecular formula is C16H21N3O3. The Morgan fingerprint density at radius 2 is 2.14 bits per heavy atom. The highest BCUT2D eigenvalue weighted by atomic mass is 16.5. The van der Waals surface area contributed by atoms with Crippen LogP contribution in [-0.4, -0.2) is 42.6 Å². The van der Waals surface area contributed by atoms with Crippen molar-refractivity contribution in [3.8, 4) is 11.9 Å². The molecular weight excluding hydrogens is 282 g/mol. The van der Waals surface area contributed by atoms with Gasteiger partial charge in [0.05, 0.1) is 6.61 Å². The van der Waals surface area contributed by atoms with Crippen molar-refractivity contribution in [1.82, 2.24) is 9.88 Å². The fourth-order valence-corrected chi connectivity index (χ4v) is 2.57.